The van der Waals surface area contributed by atoms with Crippen LogP contribution in [-0.4, -0.2) is 36.6 Å². The van der Waals surface area contributed by atoms with E-state index in [-0.39, 0.29) is 18.4 Å². The fourth-order valence-corrected chi connectivity index (χ4v) is 3.41. The molecule has 0 fully saturated rings. The SMILES string of the molecule is CC.CN1C(=O)[C@](CO)(c2cc3c(cc2O)OCO3)c2ccccc21. The first-order valence-electron chi connectivity index (χ1n) is 8.21. The number of benzene rings is 2. The molecule has 0 unspecified atom stereocenters. The summed E-state index contributed by atoms with van der Waals surface area (Å²) in [6.07, 6.45) is 0. The topological polar surface area (TPSA) is 79.2 Å². The van der Waals surface area contributed by atoms with Gasteiger partial charge >= 0.3 is 0 Å². The highest BCUT2D eigenvalue weighted by Gasteiger charge is 2.52. The van der Waals surface area contributed by atoms with Gasteiger partial charge in [-0.25, -0.2) is 0 Å². The number of aliphatic hydroxyl groups excluding tert-OH is 1. The van der Waals surface area contributed by atoms with Crippen molar-refractivity contribution in [2.24, 2.45) is 0 Å². The van der Waals surface area contributed by atoms with Crippen molar-refractivity contribution in [1.82, 2.24) is 0 Å². The van der Waals surface area contributed by atoms with E-state index in [9.17, 15) is 15.0 Å². The molecule has 25 heavy (non-hydrogen) atoms. The third kappa shape index (κ3) is 2.25. The lowest BCUT2D eigenvalue weighted by Gasteiger charge is -2.27. The number of ether oxygens (including phenoxy) is 2. The Labute approximate surface area is 146 Å². The van der Waals surface area contributed by atoms with Gasteiger partial charge in [-0.3, -0.25) is 4.79 Å². The number of carbonyl (C=O) groups excluding carboxylic acids is 1. The number of rotatable bonds is 2. The molecule has 132 valence electrons. The van der Waals surface area contributed by atoms with E-state index in [1.165, 1.54) is 11.0 Å². The van der Waals surface area contributed by atoms with Crippen molar-refractivity contribution in [3.8, 4) is 17.2 Å². The molecule has 2 N–H and O–H groups in total. The van der Waals surface area contributed by atoms with Gasteiger partial charge in [-0.15, -0.1) is 0 Å². The van der Waals surface area contributed by atoms with Crippen LogP contribution >= 0.6 is 0 Å². The van der Waals surface area contributed by atoms with Crippen LogP contribution in [-0.2, 0) is 10.2 Å². The first kappa shape index (κ1) is 17.1. The van der Waals surface area contributed by atoms with Gasteiger partial charge in [0.1, 0.15) is 11.2 Å². The van der Waals surface area contributed by atoms with Gasteiger partial charge in [0.05, 0.1) is 6.61 Å². The molecule has 0 bridgehead atoms. The Balaban J connectivity index is 0.000000880. The number of para-hydroxylation sites is 1. The number of nitrogens with zero attached hydrogens (tertiary/aromatic N) is 1. The van der Waals surface area contributed by atoms with E-state index in [4.69, 9.17) is 9.47 Å². The molecular weight excluding hydrogens is 322 g/mol. The molecule has 0 radical (unpaired) electrons. The van der Waals surface area contributed by atoms with E-state index in [1.807, 2.05) is 26.0 Å². The molecule has 2 aliphatic rings. The van der Waals surface area contributed by atoms with Gasteiger partial charge in [-0.2, -0.15) is 0 Å². The summed E-state index contributed by atoms with van der Waals surface area (Å²) in [4.78, 5) is 14.4. The zero-order chi connectivity index (χ0) is 18.2. The summed E-state index contributed by atoms with van der Waals surface area (Å²) in [7, 11) is 1.66. The Kier molecular flexibility index (Phi) is 4.30. The molecule has 2 aromatic rings. The molecule has 2 aromatic carbocycles. The van der Waals surface area contributed by atoms with E-state index in [0.717, 1.165) is 0 Å². The van der Waals surface area contributed by atoms with E-state index >= 15 is 0 Å². The van der Waals surface area contributed by atoms with Crippen molar-refractivity contribution >= 4 is 11.6 Å². The molecule has 2 heterocycles. The summed E-state index contributed by atoms with van der Waals surface area (Å²) < 4.78 is 10.6. The van der Waals surface area contributed by atoms with Gasteiger partial charge in [0.25, 0.3) is 0 Å². The number of aliphatic hydroxyl groups is 1. The molecule has 0 aromatic heterocycles. The van der Waals surface area contributed by atoms with Crippen LogP contribution in [0.3, 0.4) is 0 Å². The number of anilines is 1. The van der Waals surface area contributed by atoms with Gasteiger partial charge in [0, 0.05) is 24.4 Å². The summed E-state index contributed by atoms with van der Waals surface area (Å²) in [5.74, 6) is 0.467. The highest BCUT2D eigenvalue weighted by molar-refractivity contribution is 6.10. The smallest absolute Gasteiger partial charge is 0.244 e. The maximum absolute atomic E-state index is 13.0. The largest absolute Gasteiger partial charge is 0.507 e. The van der Waals surface area contributed by atoms with E-state index < -0.39 is 12.0 Å². The monoisotopic (exact) mass is 343 g/mol. The number of likely N-dealkylation sites (N-methyl/N-ethyl adjacent to an activating group) is 1. The van der Waals surface area contributed by atoms with Gasteiger partial charge in [0.15, 0.2) is 11.5 Å². The zero-order valence-electron chi connectivity index (χ0n) is 14.4. The Morgan fingerprint density at radius 2 is 1.76 bits per heavy atom. The average Bonchev–Trinajstić information content (AvgIpc) is 3.18. The molecule has 0 saturated carbocycles. The molecular formula is C19H21NO5. The third-order valence-electron chi connectivity index (χ3n) is 4.58. The summed E-state index contributed by atoms with van der Waals surface area (Å²) in [6, 6.07) is 10.2. The predicted octanol–water partition coefficient (Wildman–Crippen LogP) is 2.40. The number of hydrogen-bond donors (Lipinski definition) is 2. The molecule has 1 atom stereocenters. The lowest BCUT2D eigenvalue weighted by atomic mass is 9.75. The molecule has 4 rings (SSSR count). The predicted molar refractivity (Wildman–Crippen MR) is 93.3 cm³/mol. The molecule has 0 saturated heterocycles. The summed E-state index contributed by atoms with van der Waals surface area (Å²) >= 11 is 0. The number of fused-ring (bicyclic) bond motifs is 2. The lowest BCUT2D eigenvalue weighted by molar-refractivity contribution is -0.122. The second-order valence-electron chi connectivity index (χ2n) is 5.67. The third-order valence-corrected chi connectivity index (χ3v) is 4.58. The van der Waals surface area contributed by atoms with Crippen molar-refractivity contribution in [1.29, 1.82) is 0 Å². The highest BCUT2D eigenvalue weighted by Crippen LogP contribution is 2.50. The zero-order valence-corrected chi connectivity index (χ0v) is 14.4. The van der Waals surface area contributed by atoms with Gasteiger partial charge in [0.2, 0.25) is 12.7 Å². The van der Waals surface area contributed by atoms with Crippen molar-refractivity contribution in [2.45, 2.75) is 19.3 Å². The van der Waals surface area contributed by atoms with Gasteiger partial charge in [-0.05, 0) is 17.7 Å². The standard InChI is InChI=1S/C17H15NO5.C2H6/c1-18-12-5-3-2-4-10(12)17(8-19,16(18)21)11-6-14-15(7-13(11)20)23-9-22-14;1-2/h2-7,19-20H,8-9H2,1H3;1-2H3/t17-;/m0./s1. The first-order chi connectivity index (χ1) is 12.1. The second kappa shape index (κ2) is 6.29. The Bertz CT molecular complexity index is 819. The van der Waals surface area contributed by atoms with E-state index in [0.29, 0.717) is 28.3 Å². The molecule has 6 heteroatoms. The molecule has 0 aliphatic carbocycles. The van der Waals surface area contributed by atoms with Crippen LogP contribution in [0, 0.1) is 0 Å². The van der Waals surface area contributed by atoms with Crippen LogP contribution in [0.4, 0.5) is 5.69 Å². The van der Waals surface area contributed by atoms with Crippen molar-refractivity contribution in [3.63, 3.8) is 0 Å². The maximum atomic E-state index is 13.0. The van der Waals surface area contributed by atoms with Crippen LogP contribution < -0.4 is 14.4 Å². The molecule has 1 amide bonds. The minimum Gasteiger partial charge on any atom is -0.507 e. The fraction of sp³-hybridized carbons (Fsp3) is 0.316. The molecule has 2 aliphatic heterocycles. The maximum Gasteiger partial charge on any atom is 0.244 e. The number of carbonyl (C=O) groups is 1. The van der Waals surface area contributed by atoms with Crippen LogP contribution in [0.25, 0.3) is 0 Å². The lowest BCUT2D eigenvalue weighted by Crippen LogP contribution is -2.42. The minimum atomic E-state index is -1.35. The Morgan fingerprint density at radius 1 is 1.12 bits per heavy atom. The number of phenols is 1. The number of phenolic OH excluding ortho intramolecular Hbond substituents is 1. The second-order valence-corrected chi connectivity index (χ2v) is 5.67. The first-order valence-corrected chi connectivity index (χ1v) is 8.21. The van der Waals surface area contributed by atoms with Crippen LogP contribution in [0.1, 0.15) is 25.0 Å². The number of aromatic hydroxyl groups is 1. The van der Waals surface area contributed by atoms with E-state index in [2.05, 4.69) is 0 Å². The van der Waals surface area contributed by atoms with E-state index in [1.54, 1.807) is 25.2 Å². The average molecular weight is 343 g/mol. The minimum absolute atomic E-state index is 0.0643. The van der Waals surface area contributed by atoms with Gasteiger partial charge in [-0.1, -0.05) is 32.0 Å². The molecule has 6 nitrogen and oxygen atoms in total. The van der Waals surface area contributed by atoms with Crippen LogP contribution in [0.2, 0.25) is 0 Å². The molecule has 0 spiro atoms. The Morgan fingerprint density at radius 3 is 2.44 bits per heavy atom. The summed E-state index contributed by atoms with van der Waals surface area (Å²) in [5, 5.41) is 20.6. The summed E-state index contributed by atoms with van der Waals surface area (Å²) in [6.45, 7) is 3.61. The van der Waals surface area contributed by atoms with Crippen LogP contribution in [0.15, 0.2) is 36.4 Å². The fourth-order valence-electron chi connectivity index (χ4n) is 3.41. The van der Waals surface area contributed by atoms with Crippen molar-refractivity contribution in [3.05, 3.63) is 47.5 Å². The summed E-state index contributed by atoms with van der Waals surface area (Å²) in [5.41, 5.74) is 0.329. The van der Waals surface area contributed by atoms with Crippen molar-refractivity contribution in [2.75, 3.05) is 25.3 Å². The number of amides is 1. The highest BCUT2D eigenvalue weighted by atomic mass is 16.7. The quantitative estimate of drug-likeness (QED) is 0.875. The number of hydrogen-bond acceptors (Lipinski definition) is 5. The normalized spacial score (nSPS) is 20.2. The Hall–Kier alpha value is -2.73. The van der Waals surface area contributed by atoms with Crippen LogP contribution in [0.5, 0.6) is 17.2 Å². The van der Waals surface area contributed by atoms with Gasteiger partial charge < -0.3 is 24.6 Å². The van der Waals surface area contributed by atoms with Crippen molar-refractivity contribution < 1.29 is 24.5 Å².